The van der Waals surface area contributed by atoms with Crippen molar-refractivity contribution in [3.8, 4) is 5.75 Å². The average Bonchev–Trinajstić information content (AvgIpc) is 3.10. The molecule has 0 aliphatic heterocycles. The van der Waals surface area contributed by atoms with Crippen LogP contribution in [-0.4, -0.2) is 38.3 Å². The maximum absolute atomic E-state index is 12.5. The molecular weight excluding hydrogens is 328 g/mol. The van der Waals surface area contributed by atoms with Crippen molar-refractivity contribution >= 4 is 16.8 Å². The molecule has 1 amide bonds. The molecule has 0 radical (unpaired) electrons. The molecule has 0 bridgehead atoms. The Labute approximate surface area is 153 Å². The molecule has 5 heteroatoms. The van der Waals surface area contributed by atoms with E-state index in [0.717, 1.165) is 27.8 Å². The molecule has 3 aromatic rings. The first-order valence-electron chi connectivity index (χ1n) is 8.68. The zero-order chi connectivity index (χ0) is 18.4. The first kappa shape index (κ1) is 18.0. The highest BCUT2D eigenvalue weighted by Crippen LogP contribution is 2.34. The summed E-state index contributed by atoms with van der Waals surface area (Å²) in [5, 5.41) is 4.05. The molecule has 1 heterocycles. The Kier molecular flexibility index (Phi) is 5.92. The molecule has 0 aliphatic carbocycles. The molecule has 5 nitrogen and oxygen atoms in total. The van der Waals surface area contributed by atoms with Crippen LogP contribution in [0.4, 0.5) is 0 Å². The normalized spacial score (nSPS) is 12.1. The number of hydrogen-bond donors (Lipinski definition) is 2. The first-order chi connectivity index (χ1) is 12.7. The van der Waals surface area contributed by atoms with Crippen LogP contribution in [0.25, 0.3) is 10.9 Å². The minimum absolute atomic E-state index is 0.000140. The van der Waals surface area contributed by atoms with Gasteiger partial charge in [-0.1, -0.05) is 30.3 Å². The van der Waals surface area contributed by atoms with Gasteiger partial charge in [-0.3, -0.25) is 4.79 Å². The molecule has 2 N–H and O–H groups in total. The number of rotatable bonds is 8. The number of aromatic nitrogens is 1. The summed E-state index contributed by atoms with van der Waals surface area (Å²) >= 11 is 0. The van der Waals surface area contributed by atoms with Crippen molar-refractivity contribution in [1.29, 1.82) is 0 Å². The molecule has 26 heavy (non-hydrogen) atoms. The van der Waals surface area contributed by atoms with E-state index in [1.54, 1.807) is 14.2 Å². The molecule has 0 fully saturated rings. The zero-order valence-electron chi connectivity index (χ0n) is 15.1. The summed E-state index contributed by atoms with van der Waals surface area (Å²) in [5.41, 5.74) is 3.22. The lowest BCUT2D eigenvalue weighted by atomic mass is 9.88. The van der Waals surface area contributed by atoms with Crippen LogP contribution in [0, 0.1) is 0 Å². The number of nitrogens with one attached hydrogen (secondary N) is 2. The van der Waals surface area contributed by atoms with E-state index in [1.807, 2.05) is 48.7 Å². The number of H-pyrrole nitrogens is 1. The fraction of sp³-hybridized carbons (Fsp3) is 0.286. The van der Waals surface area contributed by atoms with Gasteiger partial charge in [0.2, 0.25) is 5.91 Å². The third kappa shape index (κ3) is 4.06. The van der Waals surface area contributed by atoms with E-state index >= 15 is 0 Å². The molecule has 0 spiro atoms. The van der Waals surface area contributed by atoms with Gasteiger partial charge in [0.15, 0.2) is 0 Å². The average molecular weight is 352 g/mol. The highest BCUT2D eigenvalue weighted by molar-refractivity contribution is 5.86. The maximum atomic E-state index is 12.5. The fourth-order valence-electron chi connectivity index (χ4n) is 3.20. The van der Waals surface area contributed by atoms with Gasteiger partial charge in [0.05, 0.1) is 13.7 Å². The quantitative estimate of drug-likeness (QED) is 0.610. The number of carbonyl (C=O) groups excluding carboxylic acids is 1. The molecule has 1 atom stereocenters. The molecule has 0 saturated carbocycles. The van der Waals surface area contributed by atoms with Gasteiger partial charge in [-0.2, -0.15) is 0 Å². The Morgan fingerprint density at radius 1 is 1.15 bits per heavy atom. The number of fused-ring (bicyclic) bond motifs is 1. The molecule has 3 rings (SSSR count). The van der Waals surface area contributed by atoms with Gasteiger partial charge in [-0.25, -0.2) is 0 Å². The predicted octanol–water partition coefficient (Wildman–Crippen LogP) is 3.46. The third-order valence-electron chi connectivity index (χ3n) is 4.51. The molecule has 0 saturated heterocycles. The van der Waals surface area contributed by atoms with Gasteiger partial charge in [0.25, 0.3) is 0 Å². The smallest absolute Gasteiger partial charge is 0.221 e. The minimum Gasteiger partial charge on any atom is -0.497 e. The fourth-order valence-corrected chi connectivity index (χ4v) is 3.20. The number of ether oxygens (including phenoxy) is 2. The van der Waals surface area contributed by atoms with Crippen molar-refractivity contribution in [3.63, 3.8) is 0 Å². The van der Waals surface area contributed by atoms with E-state index in [0.29, 0.717) is 19.6 Å². The highest BCUT2D eigenvalue weighted by atomic mass is 16.5. The Balaban J connectivity index is 1.94. The van der Waals surface area contributed by atoms with E-state index in [1.165, 1.54) is 0 Å². The van der Waals surface area contributed by atoms with Gasteiger partial charge in [0, 0.05) is 43.1 Å². The molecule has 2 aromatic carbocycles. The van der Waals surface area contributed by atoms with Crippen molar-refractivity contribution in [2.24, 2.45) is 0 Å². The summed E-state index contributed by atoms with van der Waals surface area (Å²) < 4.78 is 10.4. The summed E-state index contributed by atoms with van der Waals surface area (Å²) in [5.74, 6) is 0.719. The number of carbonyl (C=O) groups is 1. The second kappa shape index (κ2) is 8.54. The standard InChI is InChI=1S/C21H24N2O3/c1-25-11-10-22-21(24)13-18(15-6-5-7-16(12-15)26-2)19-14-23-20-9-4-3-8-17(19)20/h3-9,12,14,18,23H,10-11,13H2,1-2H3,(H,22,24)/t18-/m1/s1. The Morgan fingerprint density at radius 3 is 2.81 bits per heavy atom. The van der Waals surface area contributed by atoms with E-state index < -0.39 is 0 Å². The zero-order valence-corrected chi connectivity index (χ0v) is 15.1. The summed E-state index contributed by atoms with van der Waals surface area (Å²) in [6.45, 7) is 1.01. The topological polar surface area (TPSA) is 63.4 Å². The minimum atomic E-state index is -0.0659. The monoisotopic (exact) mass is 352 g/mol. The number of hydrogen-bond acceptors (Lipinski definition) is 3. The molecule has 136 valence electrons. The Morgan fingerprint density at radius 2 is 2.00 bits per heavy atom. The Bertz CT molecular complexity index is 872. The number of amides is 1. The van der Waals surface area contributed by atoms with Gasteiger partial charge < -0.3 is 19.8 Å². The van der Waals surface area contributed by atoms with Crippen molar-refractivity contribution in [3.05, 3.63) is 65.9 Å². The summed E-state index contributed by atoms with van der Waals surface area (Å²) in [4.78, 5) is 15.8. The van der Waals surface area contributed by atoms with Crippen molar-refractivity contribution in [2.75, 3.05) is 27.4 Å². The third-order valence-corrected chi connectivity index (χ3v) is 4.51. The SMILES string of the molecule is COCCNC(=O)C[C@H](c1cccc(OC)c1)c1c[nH]c2ccccc12. The van der Waals surface area contributed by atoms with Crippen LogP contribution in [0.2, 0.25) is 0 Å². The van der Waals surface area contributed by atoms with E-state index in [-0.39, 0.29) is 11.8 Å². The van der Waals surface area contributed by atoms with E-state index in [9.17, 15) is 4.79 Å². The number of aromatic amines is 1. The van der Waals surface area contributed by atoms with Gasteiger partial charge in [-0.05, 0) is 29.3 Å². The lowest BCUT2D eigenvalue weighted by molar-refractivity contribution is -0.121. The molecule has 0 aliphatic rings. The van der Waals surface area contributed by atoms with Crippen LogP contribution in [0.3, 0.4) is 0 Å². The molecule has 0 unspecified atom stereocenters. The largest absolute Gasteiger partial charge is 0.497 e. The van der Waals surface area contributed by atoms with E-state index in [4.69, 9.17) is 9.47 Å². The summed E-state index contributed by atoms with van der Waals surface area (Å²) in [6.07, 6.45) is 2.36. The van der Waals surface area contributed by atoms with Crippen LogP contribution in [-0.2, 0) is 9.53 Å². The second-order valence-corrected chi connectivity index (χ2v) is 6.17. The van der Waals surface area contributed by atoms with Crippen molar-refractivity contribution < 1.29 is 14.3 Å². The van der Waals surface area contributed by atoms with Gasteiger partial charge in [0.1, 0.15) is 5.75 Å². The predicted molar refractivity (Wildman–Crippen MR) is 103 cm³/mol. The number of methoxy groups -OCH3 is 2. The highest BCUT2D eigenvalue weighted by Gasteiger charge is 2.21. The van der Waals surface area contributed by atoms with Crippen molar-refractivity contribution in [1.82, 2.24) is 10.3 Å². The Hall–Kier alpha value is -2.79. The lowest BCUT2D eigenvalue weighted by Gasteiger charge is -2.18. The number of para-hydroxylation sites is 1. The van der Waals surface area contributed by atoms with Crippen LogP contribution in [0.1, 0.15) is 23.5 Å². The van der Waals surface area contributed by atoms with Crippen LogP contribution < -0.4 is 10.1 Å². The first-order valence-corrected chi connectivity index (χ1v) is 8.68. The summed E-state index contributed by atoms with van der Waals surface area (Å²) in [6, 6.07) is 16.0. The van der Waals surface area contributed by atoms with Crippen LogP contribution in [0.15, 0.2) is 54.7 Å². The maximum Gasteiger partial charge on any atom is 0.221 e. The summed E-state index contributed by atoms with van der Waals surface area (Å²) in [7, 11) is 3.27. The van der Waals surface area contributed by atoms with Crippen molar-refractivity contribution in [2.45, 2.75) is 12.3 Å². The lowest BCUT2D eigenvalue weighted by Crippen LogP contribution is -2.28. The van der Waals surface area contributed by atoms with Crippen LogP contribution in [0.5, 0.6) is 5.75 Å². The van der Waals surface area contributed by atoms with E-state index in [2.05, 4.69) is 16.4 Å². The second-order valence-electron chi connectivity index (χ2n) is 6.17. The van der Waals surface area contributed by atoms with Gasteiger partial charge in [-0.15, -0.1) is 0 Å². The number of benzene rings is 2. The molecular formula is C21H24N2O3. The van der Waals surface area contributed by atoms with Crippen LogP contribution >= 0.6 is 0 Å². The van der Waals surface area contributed by atoms with Gasteiger partial charge >= 0.3 is 0 Å². The molecule has 1 aromatic heterocycles.